The lowest BCUT2D eigenvalue weighted by atomic mass is 10.0. The first-order valence-corrected chi connectivity index (χ1v) is 12.1. The van der Waals surface area contributed by atoms with E-state index < -0.39 is 5.91 Å². The predicted octanol–water partition coefficient (Wildman–Crippen LogP) is 5.02. The van der Waals surface area contributed by atoms with Gasteiger partial charge in [-0.1, -0.05) is 23.3 Å². The van der Waals surface area contributed by atoms with Crippen LogP contribution >= 0.6 is 0 Å². The number of hydrogen-bond acceptors (Lipinski definition) is 7. The van der Waals surface area contributed by atoms with Gasteiger partial charge in [0.15, 0.2) is 0 Å². The number of terminal acetylenes is 1. The van der Waals surface area contributed by atoms with Crippen LogP contribution in [0.4, 0.5) is 11.6 Å². The Morgan fingerprint density at radius 1 is 1.05 bits per heavy atom. The average molecular weight is 516 g/mol. The standard InChI is InChI=1S/C30H25N7O2/c1-4-21-7-11-25(12-8-21)33-30-32-14-13-27(34-30)39-28-19(2)15-24(16-20(28)3)26-18-37(36-35-26)17-22-5-9-23(10-6-22)29(31)38/h1,5-16,18H,17H2,2-3H3,(H2,31,38)(H,32,33,34). The first kappa shape index (κ1) is 25.2. The van der Waals surface area contributed by atoms with Gasteiger partial charge in [-0.25, -0.2) is 9.67 Å². The molecule has 0 saturated heterocycles. The molecule has 5 rings (SSSR count). The highest BCUT2D eigenvalue weighted by atomic mass is 16.5. The minimum Gasteiger partial charge on any atom is -0.438 e. The van der Waals surface area contributed by atoms with Gasteiger partial charge in [-0.15, -0.1) is 11.5 Å². The van der Waals surface area contributed by atoms with Gasteiger partial charge in [-0.05, 0) is 79.1 Å². The van der Waals surface area contributed by atoms with Crippen LogP contribution in [0.25, 0.3) is 11.3 Å². The van der Waals surface area contributed by atoms with E-state index >= 15 is 0 Å². The maximum atomic E-state index is 11.3. The maximum absolute atomic E-state index is 11.3. The number of nitrogens with zero attached hydrogens (tertiary/aromatic N) is 5. The summed E-state index contributed by atoms with van der Waals surface area (Å²) in [4.78, 5) is 20.1. The minimum absolute atomic E-state index is 0.411. The van der Waals surface area contributed by atoms with Crippen LogP contribution in [0.1, 0.15) is 32.6 Å². The van der Waals surface area contributed by atoms with Crippen molar-refractivity contribution in [3.05, 3.63) is 107 Å². The summed E-state index contributed by atoms with van der Waals surface area (Å²) in [6, 6.07) is 20.3. The van der Waals surface area contributed by atoms with Gasteiger partial charge >= 0.3 is 0 Å². The highest BCUT2D eigenvalue weighted by Gasteiger charge is 2.13. The van der Waals surface area contributed by atoms with Crippen LogP contribution < -0.4 is 15.8 Å². The SMILES string of the molecule is C#Cc1ccc(Nc2nccc(Oc3c(C)cc(-c4cn(Cc5ccc(C(N)=O)cc5)nn4)cc3C)n2)cc1. The molecular formula is C30H25N7O2. The molecule has 192 valence electrons. The molecule has 39 heavy (non-hydrogen) atoms. The number of amides is 1. The van der Waals surface area contributed by atoms with E-state index in [1.54, 1.807) is 29.1 Å². The van der Waals surface area contributed by atoms with Crippen LogP contribution in [0.2, 0.25) is 0 Å². The van der Waals surface area contributed by atoms with Crippen molar-refractivity contribution in [3.8, 4) is 35.2 Å². The maximum Gasteiger partial charge on any atom is 0.248 e. The van der Waals surface area contributed by atoms with Gasteiger partial charge in [0.25, 0.3) is 0 Å². The van der Waals surface area contributed by atoms with Crippen molar-refractivity contribution in [1.29, 1.82) is 0 Å². The van der Waals surface area contributed by atoms with Crippen molar-refractivity contribution in [2.45, 2.75) is 20.4 Å². The predicted molar refractivity (Wildman–Crippen MR) is 149 cm³/mol. The van der Waals surface area contributed by atoms with Crippen LogP contribution in [0.15, 0.2) is 79.1 Å². The molecule has 3 N–H and O–H groups in total. The summed E-state index contributed by atoms with van der Waals surface area (Å²) in [6.45, 7) is 4.47. The number of rotatable bonds is 8. The molecule has 0 saturated carbocycles. The Balaban J connectivity index is 1.30. The van der Waals surface area contributed by atoms with E-state index in [0.29, 0.717) is 29.7 Å². The second-order valence-corrected chi connectivity index (χ2v) is 8.97. The summed E-state index contributed by atoms with van der Waals surface area (Å²) >= 11 is 0. The largest absolute Gasteiger partial charge is 0.438 e. The number of carbonyl (C=O) groups is 1. The molecule has 0 unspecified atom stereocenters. The normalized spacial score (nSPS) is 10.6. The molecule has 0 fully saturated rings. The van der Waals surface area contributed by atoms with Crippen LogP contribution in [-0.4, -0.2) is 30.9 Å². The third-order valence-electron chi connectivity index (χ3n) is 6.02. The lowest BCUT2D eigenvalue weighted by Gasteiger charge is -2.13. The Bertz CT molecular complexity index is 1660. The summed E-state index contributed by atoms with van der Waals surface area (Å²) in [5.74, 6) is 3.68. The van der Waals surface area contributed by atoms with Gasteiger partial charge in [0.05, 0.1) is 12.7 Å². The number of carbonyl (C=O) groups excluding carboxylic acids is 1. The van der Waals surface area contributed by atoms with Gasteiger partial charge in [0.1, 0.15) is 11.4 Å². The number of primary amides is 1. The van der Waals surface area contributed by atoms with Crippen LogP contribution in [0, 0.1) is 26.2 Å². The van der Waals surface area contributed by atoms with E-state index in [9.17, 15) is 4.79 Å². The van der Waals surface area contributed by atoms with Crippen LogP contribution in [0.5, 0.6) is 11.6 Å². The van der Waals surface area contributed by atoms with Crippen molar-refractivity contribution in [2.24, 2.45) is 5.73 Å². The zero-order valence-electron chi connectivity index (χ0n) is 21.4. The first-order chi connectivity index (χ1) is 18.9. The summed E-state index contributed by atoms with van der Waals surface area (Å²) in [5.41, 5.74) is 11.9. The van der Waals surface area contributed by atoms with Crippen molar-refractivity contribution in [1.82, 2.24) is 25.0 Å². The lowest BCUT2D eigenvalue weighted by Crippen LogP contribution is -2.10. The van der Waals surface area contributed by atoms with Gasteiger partial charge < -0.3 is 15.8 Å². The molecule has 0 aliphatic rings. The van der Waals surface area contributed by atoms with Crippen molar-refractivity contribution in [3.63, 3.8) is 0 Å². The van der Waals surface area contributed by atoms with Gasteiger partial charge in [0, 0.05) is 34.6 Å². The summed E-state index contributed by atoms with van der Waals surface area (Å²) < 4.78 is 7.91. The van der Waals surface area contributed by atoms with E-state index in [2.05, 4.69) is 31.5 Å². The molecule has 9 heteroatoms. The summed E-state index contributed by atoms with van der Waals surface area (Å²) in [5, 5.41) is 11.8. The Morgan fingerprint density at radius 2 is 1.77 bits per heavy atom. The van der Waals surface area contributed by atoms with E-state index in [0.717, 1.165) is 39.2 Å². The third-order valence-corrected chi connectivity index (χ3v) is 6.02. The van der Waals surface area contributed by atoms with Gasteiger partial charge in [-0.2, -0.15) is 4.98 Å². The zero-order valence-corrected chi connectivity index (χ0v) is 21.4. The summed E-state index contributed by atoms with van der Waals surface area (Å²) in [7, 11) is 0. The Labute approximate surface area is 225 Å². The van der Waals surface area contributed by atoms with Gasteiger partial charge in [0.2, 0.25) is 17.7 Å². The molecule has 0 spiro atoms. The Morgan fingerprint density at radius 3 is 2.44 bits per heavy atom. The number of benzene rings is 3. The fraction of sp³-hybridized carbons (Fsp3) is 0.100. The fourth-order valence-corrected chi connectivity index (χ4v) is 4.07. The average Bonchev–Trinajstić information content (AvgIpc) is 3.40. The topological polar surface area (TPSA) is 121 Å². The van der Waals surface area contributed by atoms with E-state index in [1.807, 2.05) is 68.6 Å². The molecule has 2 aromatic heterocycles. The second-order valence-electron chi connectivity index (χ2n) is 8.97. The molecule has 0 aliphatic carbocycles. The molecule has 0 atom stereocenters. The van der Waals surface area contributed by atoms with Crippen molar-refractivity contribution >= 4 is 17.5 Å². The first-order valence-electron chi connectivity index (χ1n) is 12.1. The fourth-order valence-electron chi connectivity index (χ4n) is 4.07. The van der Waals surface area contributed by atoms with Gasteiger partial charge in [-0.3, -0.25) is 4.79 Å². The van der Waals surface area contributed by atoms with E-state index in [1.165, 1.54) is 0 Å². The third kappa shape index (κ3) is 5.92. The molecule has 9 nitrogen and oxygen atoms in total. The second kappa shape index (κ2) is 10.9. The number of anilines is 2. The van der Waals surface area contributed by atoms with Crippen molar-refractivity contribution < 1.29 is 9.53 Å². The van der Waals surface area contributed by atoms with E-state index in [-0.39, 0.29) is 0 Å². The molecule has 1 amide bonds. The number of ether oxygens (including phenoxy) is 1. The van der Waals surface area contributed by atoms with E-state index in [4.69, 9.17) is 16.9 Å². The molecular weight excluding hydrogens is 490 g/mol. The quantitative estimate of drug-likeness (QED) is 0.279. The summed E-state index contributed by atoms with van der Waals surface area (Å²) in [6.07, 6.45) is 8.94. The monoisotopic (exact) mass is 515 g/mol. The molecule has 5 aromatic rings. The molecule has 0 aliphatic heterocycles. The number of nitrogens with one attached hydrogen (secondary N) is 1. The van der Waals surface area contributed by atoms with Crippen LogP contribution in [-0.2, 0) is 6.54 Å². The number of hydrogen-bond donors (Lipinski definition) is 2. The molecule has 0 radical (unpaired) electrons. The molecule has 0 bridgehead atoms. The number of aromatic nitrogens is 5. The Hall–Kier alpha value is -5.49. The zero-order chi connectivity index (χ0) is 27.4. The van der Waals surface area contributed by atoms with Crippen molar-refractivity contribution in [2.75, 3.05) is 5.32 Å². The highest BCUT2D eigenvalue weighted by molar-refractivity contribution is 5.92. The molecule has 3 aromatic carbocycles. The number of nitrogens with two attached hydrogens (primary N) is 1. The smallest absolute Gasteiger partial charge is 0.248 e. The lowest BCUT2D eigenvalue weighted by molar-refractivity contribution is 0.100. The highest BCUT2D eigenvalue weighted by Crippen LogP contribution is 2.32. The van der Waals surface area contributed by atoms with Crippen LogP contribution in [0.3, 0.4) is 0 Å². The Kier molecular flexibility index (Phi) is 7.01. The minimum atomic E-state index is -0.452. The number of aryl methyl sites for hydroxylation is 2. The molecule has 2 heterocycles.